The summed E-state index contributed by atoms with van der Waals surface area (Å²) in [5.41, 5.74) is 0. The van der Waals surface area contributed by atoms with E-state index < -0.39 is 9.84 Å². The molecule has 0 saturated heterocycles. The number of nitrogens with one attached hydrogen (secondary N) is 1. The standard InChI is InChI=1S/C7H15NO3S/c1-8-6-4-7(5-6)12(10,11)3-2-9/h6-9H,2-5H2,1H3. The Morgan fingerprint density at radius 1 is 1.50 bits per heavy atom. The highest BCUT2D eigenvalue weighted by Gasteiger charge is 2.37. The Bertz CT molecular complexity index is 231. The lowest BCUT2D eigenvalue weighted by molar-refractivity contribution is 0.314. The molecule has 0 spiro atoms. The Morgan fingerprint density at radius 2 is 2.08 bits per heavy atom. The van der Waals surface area contributed by atoms with E-state index in [0.717, 1.165) is 0 Å². The van der Waals surface area contributed by atoms with Gasteiger partial charge in [0.25, 0.3) is 0 Å². The van der Waals surface area contributed by atoms with Crippen LogP contribution >= 0.6 is 0 Å². The summed E-state index contributed by atoms with van der Waals surface area (Å²) in [6, 6.07) is 0.350. The maximum absolute atomic E-state index is 11.3. The van der Waals surface area contributed by atoms with Crippen LogP contribution in [0, 0.1) is 0 Å². The van der Waals surface area contributed by atoms with E-state index in [4.69, 9.17) is 5.11 Å². The summed E-state index contributed by atoms with van der Waals surface area (Å²) in [5, 5.41) is 11.3. The molecule has 0 bridgehead atoms. The van der Waals surface area contributed by atoms with Gasteiger partial charge in [0.05, 0.1) is 17.6 Å². The Balaban J connectivity index is 2.41. The average molecular weight is 193 g/mol. The normalized spacial score (nSPS) is 29.8. The van der Waals surface area contributed by atoms with Gasteiger partial charge in [-0.25, -0.2) is 8.42 Å². The van der Waals surface area contributed by atoms with Crippen molar-refractivity contribution in [3.05, 3.63) is 0 Å². The summed E-state index contributed by atoms with van der Waals surface area (Å²) in [6.07, 6.45) is 1.39. The molecule has 0 aromatic rings. The summed E-state index contributed by atoms with van der Waals surface area (Å²) in [7, 11) is -1.17. The van der Waals surface area contributed by atoms with E-state index in [1.165, 1.54) is 0 Å². The van der Waals surface area contributed by atoms with Crippen LogP contribution in [0.25, 0.3) is 0 Å². The van der Waals surface area contributed by atoms with Gasteiger partial charge in [0.1, 0.15) is 0 Å². The summed E-state index contributed by atoms with van der Waals surface area (Å²) >= 11 is 0. The van der Waals surface area contributed by atoms with Crippen LogP contribution in [0.15, 0.2) is 0 Å². The second-order valence-corrected chi connectivity index (χ2v) is 5.57. The molecule has 1 aliphatic carbocycles. The predicted molar refractivity (Wildman–Crippen MR) is 46.7 cm³/mol. The van der Waals surface area contributed by atoms with Crippen LogP contribution in [0.1, 0.15) is 12.8 Å². The topological polar surface area (TPSA) is 66.4 Å². The molecule has 0 radical (unpaired) electrons. The van der Waals surface area contributed by atoms with Crippen molar-refractivity contribution >= 4 is 9.84 Å². The lowest BCUT2D eigenvalue weighted by atomic mass is 9.93. The minimum atomic E-state index is -3.01. The SMILES string of the molecule is CNC1CC(S(=O)(=O)CCO)C1. The Morgan fingerprint density at radius 3 is 2.50 bits per heavy atom. The molecule has 2 N–H and O–H groups in total. The number of hydrogen-bond donors (Lipinski definition) is 2. The van der Waals surface area contributed by atoms with Crippen molar-refractivity contribution in [2.45, 2.75) is 24.1 Å². The minimum absolute atomic E-state index is 0.0892. The fraction of sp³-hybridized carbons (Fsp3) is 1.00. The average Bonchev–Trinajstić information content (AvgIpc) is 1.83. The molecule has 12 heavy (non-hydrogen) atoms. The van der Waals surface area contributed by atoms with Crippen LogP contribution in [0.5, 0.6) is 0 Å². The molecule has 0 unspecified atom stereocenters. The first-order valence-corrected chi connectivity index (χ1v) is 5.81. The lowest BCUT2D eigenvalue weighted by Gasteiger charge is -2.34. The lowest BCUT2D eigenvalue weighted by Crippen LogP contribution is -2.47. The monoisotopic (exact) mass is 193 g/mol. The summed E-state index contributed by atoms with van der Waals surface area (Å²) in [5.74, 6) is -0.0892. The van der Waals surface area contributed by atoms with E-state index in [-0.39, 0.29) is 17.6 Å². The Hall–Kier alpha value is -0.130. The summed E-state index contributed by atoms with van der Waals surface area (Å²) in [4.78, 5) is 0. The van der Waals surface area contributed by atoms with Gasteiger partial charge in [-0.3, -0.25) is 0 Å². The molecule has 1 fully saturated rings. The number of hydrogen-bond acceptors (Lipinski definition) is 4. The van der Waals surface area contributed by atoms with Gasteiger partial charge in [0.2, 0.25) is 0 Å². The van der Waals surface area contributed by atoms with Gasteiger partial charge in [-0.15, -0.1) is 0 Å². The molecule has 5 heteroatoms. The molecule has 0 aromatic carbocycles. The number of rotatable bonds is 4. The molecule has 0 aliphatic heterocycles. The highest BCUT2D eigenvalue weighted by molar-refractivity contribution is 7.92. The third-order valence-electron chi connectivity index (χ3n) is 2.39. The van der Waals surface area contributed by atoms with Gasteiger partial charge >= 0.3 is 0 Å². The highest BCUT2D eigenvalue weighted by atomic mass is 32.2. The van der Waals surface area contributed by atoms with Crippen molar-refractivity contribution in [3.63, 3.8) is 0 Å². The number of aliphatic hydroxyl groups is 1. The molecular weight excluding hydrogens is 178 g/mol. The van der Waals surface area contributed by atoms with Crippen molar-refractivity contribution in [1.29, 1.82) is 0 Å². The molecule has 0 amide bonds. The highest BCUT2D eigenvalue weighted by Crippen LogP contribution is 2.26. The Labute approximate surface area is 72.9 Å². The van der Waals surface area contributed by atoms with E-state index in [1.807, 2.05) is 7.05 Å². The zero-order valence-corrected chi connectivity index (χ0v) is 7.97. The quantitative estimate of drug-likeness (QED) is 0.610. The first-order chi connectivity index (χ1) is 5.60. The van der Waals surface area contributed by atoms with Crippen LogP contribution in [0.3, 0.4) is 0 Å². The van der Waals surface area contributed by atoms with Crippen LogP contribution in [0.4, 0.5) is 0 Å². The van der Waals surface area contributed by atoms with Crippen LogP contribution in [-0.4, -0.2) is 44.2 Å². The van der Waals surface area contributed by atoms with E-state index >= 15 is 0 Å². The second-order valence-electron chi connectivity index (χ2n) is 3.17. The van der Waals surface area contributed by atoms with Crippen molar-refractivity contribution in [2.24, 2.45) is 0 Å². The molecule has 1 rings (SSSR count). The molecule has 0 heterocycles. The minimum Gasteiger partial charge on any atom is -0.395 e. The second kappa shape index (κ2) is 3.72. The zero-order chi connectivity index (χ0) is 9.19. The van der Waals surface area contributed by atoms with Crippen LogP contribution < -0.4 is 5.32 Å². The molecule has 4 nitrogen and oxygen atoms in total. The summed E-state index contributed by atoms with van der Waals surface area (Å²) in [6.45, 7) is -0.261. The fourth-order valence-corrected chi connectivity index (χ4v) is 3.03. The molecule has 1 saturated carbocycles. The van der Waals surface area contributed by atoms with Gasteiger partial charge in [-0.1, -0.05) is 0 Å². The van der Waals surface area contributed by atoms with Gasteiger partial charge in [0, 0.05) is 6.04 Å². The fourth-order valence-electron chi connectivity index (χ4n) is 1.39. The third-order valence-corrected chi connectivity index (χ3v) is 4.54. The predicted octanol–water partition coefficient (Wildman–Crippen LogP) is -0.856. The van der Waals surface area contributed by atoms with E-state index in [9.17, 15) is 8.42 Å². The smallest absolute Gasteiger partial charge is 0.155 e. The summed E-state index contributed by atoms with van der Waals surface area (Å²) < 4.78 is 22.6. The van der Waals surface area contributed by atoms with Gasteiger partial charge in [-0.2, -0.15) is 0 Å². The van der Waals surface area contributed by atoms with E-state index in [1.54, 1.807) is 0 Å². The number of sulfone groups is 1. The van der Waals surface area contributed by atoms with Crippen molar-refractivity contribution in [2.75, 3.05) is 19.4 Å². The number of aliphatic hydroxyl groups excluding tert-OH is 1. The zero-order valence-electron chi connectivity index (χ0n) is 7.16. The third kappa shape index (κ3) is 1.97. The van der Waals surface area contributed by atoms with Crippen molar-refractivity contribution in [3.8, 4) is 0 Å². The molecule has 0 aromatic heterocycles. The van der Waals surface area contributed by atoms with E-state index in [0.29, 0.717) is 18.9 Å². The van der Waals surface area contributed by atoms with Crippen molar-refractivity contribution < 1.29 is 13.5 Å². The first kappa shape index (κ1) is 9.95. The van der Waals surface area contributed by atoms with Crippen molar-refractivity contribution in [1.82, 2.24) is 5.32 Å². The first-order valence-electron chi connectivity index (χ1n) is 4.10. The van der Waals surface area contributed by atoms with Crippen LogP contribution in [-0.2, 0) is 9.84 Å². The molecule has 72 valence electrons. The molecule has 0 atom stereocenters. The van der Waals surface area contributed by atoms with Gasteiger partial charge in [0.15, 0.2) is 9.84 Å². The molecular formula is C7H15NO3S. The van der Waals surface area contributed by atoms with Gasteiger partial charge < -0.3 is 10.4 Å². The maximum atomic E-state index is 11.3. The van der Waals surface area contributed by atoms with Crippen LogP contribution in [0.2, 0.25) is 0 Å². The largest absolute Gasteiger partial charge is 0.395 e. The molecule has 1 aliphatic rings. The maximum Gasteiger partial charge on any atom is 0.155 e. The van der Waals surface area contributed by atoms with E-state index in [2.05, 4.69) is 5.32 Å². The Kier molecular flexibility index (Phi) is 3.09. The van der Waals surface area contributed by atoms with Gasteiger partial charge in [-0.05, 0) is 19.9 Å².